The number of carbonyl (C=O) groups is 1. The largest absolute Gasteiger partial charge is 0.372 e. The minimum atomic E-state index is -0.152. The van der Waals surface area contributed by atoms with Crippen molar-refractivity contribution in [3.8, 4) is 0 Å². The summed E-state index contributed by atoms with van der Waals surface area (Å²) in [5.41, 5.74) is 0.729. The van der Waals surface area contributed by atoms with E-state index in [9.17, 15) is 4.79 Å². The molecule has 0 spiro atoms. The molecule has 0 saturated carbocycles. The molecule has 1 aromatic carbocycles. The molecule has 5 heteroatoms. The van der Waals surface area contributed by atoms with Crippen LogP contribution in [0.15, 0.2) is 27.1 Å². The Hall–Kier alpha value is -0.390. The quantitative estimate of drug-likeness (QED) is 0.824. The highest BCUT2D eigenvalue weighted by Crippen LogP contribution is 2.30. The van der Waals surface area contributed by atoms with Crippen LogP contribution in [-0.2, 0) is 9.53 Å². The van der Waals surface area contributed by atoms with E-state index in [4.69, 9.17) is 4.74 Å². The SMILES string of the molecule is CCCOCC(=O)Nc1c(Br)cccc1Br. The first-order valence-corrected chi connectivity index (χ1v) is 6.55. The minimum absolute atomic E-state index is 0.0849. The number of halogens is 2. The molecule has 0 fully saturated rings. The fraction of sp³-hybridized carbons (Fsp3) is 0.364. The van der Waals surface area contributed by atoms with Crippen molar-refractivity contribution in [2.75, 3.05) is 18.5 Å². The lowest BCUT2D eigenvalue weighted by Crippen LogP contribution is -2.19. The topological polar surface area (TPSA) is 38.3 Å². The van der Waals surface area contributed by atoms with E-state index in [0.29, 0.717) is 6.61 Å². The Balaban J connectivity index is 2.56. The summed E-state index contributed by atoms with van der Waals surface area (Å²) in [7, 11) is 0. The molecule has 0 radical (unpaired) electrons. The van der Waals surface area contributed by atoms with Gasteiger partial charge in [-0.15, -0.1) is 0 Å². The average Bonchev–Trinajstić information content (AvgIpc) is 2.24. The monoisotopic (exact) mass is 349 g/mol. The predicted molar refractivity (Wildman–Crippen MR) is 71.6 cm³/mol. The second-order valence-electron chi connectivity index (χ2n) is 3.20. The zero-order valence-electron chi connectivity index (χ0n) is 8.93. The summed E-state index contributed by atoms with van der Waals surface area (Å²) in [6, 6.07) is 5.62. The Morgan fingerprint density at radius 3 is 2.56 bits per heavy atom. The van der Waals surface area contributed by atoms with Crippen LogP contribution >= 0.6 is 31.9 Å². The summed E-state index contributed by atoms with van der Waals surface area (Å²) in [6.07, 6.45) is 0.909. The minimum Gasteiger partial charge on any atom is -0.372 e. The van der Waals surface area contributed by atoms with Gasteiger partial charge in [-0.1, -0.05) is 13.0 Å². The Bertz CT molecular complexity index is 349. The molecule has 88 valence electrons. The highest BCUT2D eigenvalue weighted by Gasteiger charge is 2.08. The number of ether oxygens (including phenoxy) is 1. The van der Waals surface area contributed by atoms with Gasteiger partial charge in [0.15, 0.2) is 0 Å². The molecule has 0 saturated heterocycles. The molecule has 16 heavy (non-hydrogen) atoms. The van der Waals surface area contributed by atoms with Gasteiger partial charge in [-0.3, -0.25) is 4.79 Å². The molecule has 0 atom stereocenters. The van der Waals surface area contributed by atoms with E-state index >= 15 is 0 Å². The zero-order chi connectivity index (χ0) is 12.0. The molecule has 0 unspecified atom stereocenters. The maximum atomic E-state index is 11.5. The molecule has 1 amide bonds. The van der Waals surface area contributed by atoms with E-state index in [0.717, 1.165) is 21.1 Å². The van der Waals surface area contributed by atoms with Crippen molar-refractivity contribution in [2.45, 2.75) is 13.3 Å². The summed E-state index contributed by atoms with van der Waals surface area (Å²) in [6.45, 7) is 2.69. The van der Waals surface area contributed by atoms with Gasteiger partial charge in [0.1, 0.15) is 6.61 Å². The third kappa shape index (κ3) is 4.23. The number of amides is 1. The molecule has 0 aliphatic carbocycles. The van der Waals surface area contributed by atoms with E-state index in [1.165, 1.54) is 0 Å². The predicted octanol–water partition coefficient (Wildman–Crippen LogP) is 3.58. The van der Waals surface area contributed by atoms with Crippen molar-refractivity contribution in [1.82, 2.24) is 0 Å². The molecule has 0 aliphatic heterocycles. The van der Waals surface area contributed by atoms with Crippen LogP contribution in [0.1, 0.15) is 13.3 Å². The van der Waals surface area contributed by atoms with E-state index in [1.807, 2.05) is 25.1 Å². The summed E-state index contributed by atoms with van der Waals surface area (Å²) in [4.78, 5) is 11.5. The molecular formula is C11H13Br2NO2. The van der Waals surface area contributed by atoms with Crippen LogP contribution in [0, 0.1) is 0 Å². The first-order chi connectivity index (χ1) is 7.65. The maximum absolute atomic E-state index is 11.5. The number of anilines is 1. The lowest BCUT2D eigenvalue weighted by Gasteiger charge is -2.09. The van der Waals surface area contributed by atoms with Crippen LogP contribution < -0.4 is 5.32 Å². The van der Waals surface area contributed by atoms with Crippen molar-refractivity contribution >= 4 is 43.5 Å². The summed E-state index contributed by atoms with van der Waals surface area (Å²) in [5, 5.41) is 2.78. The second-order valence-corrected chi connectivity index (χ2v) is 4.91. The highest BCUT2D eigenvalue weighted by molar-refractivity contribution is 9.11. The van der Waals surface area contributed by atoms with E-state index < -0.39 is 0 Å². The van der Waals surface area contributed by atoms with E-state index in [2.05, 4.69) is 37.2 Å². The fourth-order valence-corrected chi connectivity index (χ4v) is 2.30. The number of rotatable bonds is 5. The average molecular weight is 351 g/mol. The van der Waals surface area contributed by atoms with Gasteiger partial charge in [-0.05, 0) is 50.4 Å². The van der Waals surface area contributed by atoms with Crippen molar-refractivity contribution in [1.29, 1.82) is 0 Å². The molecule has 3 nitrogen and oxygen atoms in total. The number of hydrogen-bond donors (Lipinski definition) is 1. The fourth-order valence-electron chi connectivity index (χ4n) is 1.10. The van der Waals surface area contributed by atoms with Crippen LogP contribution in [-0.4, -0.2) is 19.1 Å². The lowest BCUT2D eigenvalue weighted by molar-refractivity contribution is -0.120. The van der Waals surface area contributed by atoms with Gasteiger partial charge in [-0.2, -0.15) is 0 Å². The molecule has 0 aromatic heterocycles. The van der Waals surface area contributed by atoms with Crippen molar-refractivity contribution in [3.63, 3.8) is 0 Å². The van der Waals surface area contributed by atoms with E-state index in [-0.39, 0.29) is 12.5 Å². The molecule has 0 aliphatic rings. The normalized spacial score (nSPS) is 10.2. The Labute approximate surface area is 112 Å². The van der Waals surface area contributed by atoms with Crippen molar-refractivity contribution in [3.05, 3.63) is 27.1 Å². The molecule has 1 rings (SSSR count). The van der Waals surface area contributed by atoms with Crippen LogP contribution in [0.2, 0.25) is 0 Å². The first-order valence-electron chi connectivity index (χ1n) is 4.96. The van der Waals surface area contributed by atoms with Gasteiger partial charge in [-0.25, -0.2) is 0 Å². The molecule has 1 N–H and O–H groups in total. The maximum Gasteiger partial charge on any atom is 0.250 e. The van der Waals surface area contributed by atoms with Gasteiger partial charge in [0, 0.05) is 15.6 Å². The van der Waals surface area contributed by atoms with Crippen LogP contribution in [0.25, 0.3) is 0 Å². The van der Waals surface area contributed by atoms with Gasteiger partial charge in [0.05, 0.1) is 5.69 Å². The van der Waals surface area contributed by atoms with Crippen LogP contribution in [0.3, 0.4) is 0 Å². The van der Waals surface area contributed by atoms with Crippen molar-refractivity contribution in [2.24, 2.45) is 0 Å². The first kappa shape index (κ1) is 13.7. The van der Waals surface area contributed by atoms with Gasteiger partial charge < -0.3 is 10.1 Å². The number of hydrogen-bond acceptors (Lipinski definition) is 2. The van der Waals surface area contributed by atoms with E-state index in [1.54, 1.807) is 0 Å². The van der Waals surface area contributed by atoms with Crippen LogP contribution in [0.4, 0.5) is 5.69 Å². The third-order valence-corrected chi connectivity index (χ3v) is 3.13. The molecule has 1 aromatic rings. The smallest absolute Gasteiger partial charge is 0.250 e. The summed E-state index contributed by atoms with van der Waals surface area (Å²) in [5.74, 6) is -0.152. The summed E-state index contributed by atoms with van der Waals surface area (Å²) >= 11 is 6.74. The van der Waals surface area contributed by atoms with Gasteiger partial charge in [0.25, 0.3) is 0 Å². The number of carbonyl (C=O) groups excluding carboxylic acids is 1. The van der Waals surface area contributed by atoms with Crippen molar-refractivity contribution < 1.29 is 9.53 Å². The standard InChI is InChI=1S/C11H13Br2NO2/c1-2-6-16-7-10(15)14-11-8(12)4-3-5-9(11)13/h3-5H,2,6-7H2,1H3,(H,14,15). The van der Waals surface area contributed by atoms with Gasteiger partial charge >= 0.3 is 0 Å². The highest BCUT2D eigenvalue weighted by atomic mass is 79.9. The third-order valence-electron chi connectivity index (χ3n) is 1.81. The van der Waals surface area contributed by atoms with Gasteiger partial charge in [0.2, 0.25) is 5.91 Å². The number of nitrogens with one attached hydrogen (secondary N) is 1. The van der Waals surface area contributed by atoms with Crippen LogP contribution in [0.5, 0.6) is 0 Å². The lowest BCUT2D eigenvalue weighted by atomic mass is 10.3. The molecular weight excluding hydrogens is 338 g/mol. The number of para-hydroxylation sites is 1. The molecule has 0 bridgehead atoms. The second kappa shape index (κ2) is 7.04. The molecule has 0 heterocycles. The zero-order valence-corrected chi connectivity index (χ0v) is 12.1. The summed E-state index contributed by atoms with van der Waals surface area (Å²) < 4.78 is 6.83. The Kier molecular flexibility index (Phi) is 6.01. The Morgan fingerprint density at radius 1 is 1.38 bits per heavy atom. The Morgan fingerprint density at radius 2 is 2.00 bits per heavy atom. The number of benzene rings is 1.